The van der Waals surface area contributed by atoms with E-state index in [2.05, 4.69) is 15.3 Å². The minimum atomic E-state index is -0.506. The summed E-state index contributed by atoms with van der Waals surface area (Å²) in [5.74, 6) is 0.561. The Morgan fingerprint density at radius 3 is 2.65 bits per heavy atom. The highest BCUT2D eigenvalue weighted by Crippen LogP contribution is 2.31. The van der Waals surface area contributed by atoms with Crippen LogP contribution in [-0.4, -0.2) is 25.7 Å². The average Bonchev–Trinajstić information content (AvgIpc) is 2.85. The number of nitrogens with zero attached hydrogens (tertiary/aromatic N) is 4. The second-order valence-electron chi connectivity index (χ2n) is 7.87. The van der Waals surface area contributed by atoms with Crippen LogP contribution in [0.15, 0.2) is 67.0 Å². The molecule has 3 aromatic heterocycles. The van der Waals surface area contributed by atoms with Crippen molar-refractivity contribution in [3.05, 3.63) is 94.9 Å². The van der Waals surface area contributed by atoms with Crippen LogP contribution in [0.5, 0.6) is 0 Å². The second kappa shape index (κ2) is 9.11. The molecule has 5 aromatic rings. The van der Waals surface area contributed by atoms with Gasteiger partial charge in [0.1, 0.15) is 17.2 Å². The molecular formula is C26H19ClFN5O. The van der Waals surface area contributed by atoms with Gasteiger partial charge in [-0.15, -0.1) is 0 Å². The van der Waals surface area contributed by atoms with Crippen LogP contribution < -0.4 is 5.32 Å². The molecule has 1 N–H and O–H groups in total. The Morgan fingerprint density at radius 1 is 1.00 bits per heavy atom. The molecule has 0 radical (unpaired) electrons. The van der Waals surface area contributed by atoms with Crippen molar-refractivity contribution in [2.45, 2.75) is 19.8 Å². The molecule has 0 spiro atoms. The van der Waals surface area contributed by atoms with Gasteiger partial charge >= 0.3 is 0 Å². The number of halogens is 2. The summed E-state index contributed by atoms with van der Waals surface area (Å²) in [6, 6.07) is 15.5. The Labute approximate surface area is 199 Å². The Balaban J connectivity index is 1.62. The van der Waals surface area contributed by atoms with Crippen LogP contribution in [0, 0.1) is 5.82 Å². The molecule has 5 rings (SSSR count). The highest BCUT2D eigenvalue weighted by Gasteiger charge is 2.14. The summed E-state index contributed by atoms with van der Waals surface area (Å²) in [5.41, 5.74) is 3.33. The first-order chi connectivity index (χ1) is 16.5. The number of carbonyl (C=O) groups is 1. The lowest BCUT2D eigenvalue weighted by molar-refractivity contribution is 0.101. The van der Waals surface area contributed by atoms with Crippen LogP contribution in [-0.2, 0) is 12.8 Å². The number of aromatic nitrogens is 4. The molecule has 0 amide bonds. The molecule has 0 aliphatic heterocycles. The highest BCUT2D eigenvalue weighted by atomic mass is 35.5. The largest absolute Gasteiger partial charge is 0.338 e. The van der Waals surface area contributed by atoms with E-state index in [0.717, 1.165) is 16.5 Å². The first-order valence-corrected chi connectivity index (χ1v) is 11.1. The third-order valence-corrected chi connectivity index (χ3v) is 5.79. The molecule has 0 saturated carbocycles. The van der Waals surface area contributed by atoms with Gasteiger partial charge in [-0.05, 0) is 49.7 Å². The fraction of sp³-hybridized carbons (Fsp3) is 0.115. The highest BCUT2D eigenvalue weighted by molar-refractivity contribution is 6.31. The van der Waals surface area contributed by atoms with Crippen molar-refractivity contribution in [3.63, 3.8) is 0 Å². The first kappa shape index (κ1) is 21.9. The summed E-state index contributed by atoms with van der Waals surface area (Å²) in [4.78, 5) is 30.4. The van der Waals surface area contributed by atoms with Gasteiger partial charge in [-0.2, -0.15) is 0 Å². The lowest BCUT2D eigenvalue weighted by atomic mass is 10.1. The minimum absolute atomic E-state index is 0.000336. The fourth-order valence-corrected chi connectivity index (χ4v) is 3.92. The number of rotatable bonds is 6. The number of benzene rings is 2. The maximum absolute atomic E-state index is 13.7. The summed E-state index contributed by atoms with van der Waals surface area (Å²) in [5, 5.41) is 4.83. The van der Waals surface area contributed by atoms with Crippen molar-refractivity contribution < 1.29 is 9.18 Å². The Bertz CT molecular complexity index is 1540. The van der Waals surface area contributed by atoms with Crippen molar-refractivity contribution in [2.75, 3.05) is 5.32 Å². The number of ketones is 1. The molecule has 0 unspecified atom stereocenters. The Morgan fingerprint density at radius 2 is 1.88 bits per heavy atom. The minimum Gasteiger partial charge on any atom is -0.338 e. The quantitative estimate of drug-likeness (QED) is 0.238. The van der Waals surface area contributed by atoms with Gasteiger partial charge in [0.25, 0.3) is 0 Å². The van der Waals surface area contributed by atoms with Gasteiger partial charge in [0, 0.05) is 46.5 Å². The molecule has 0 atom stereocenters. The van der Waals surface area contributed by atoms with Crippen molar-refractivity contribution in [3.8, 4) is 0 Å². The third-order valence-electron chi connectivity index (χ3n) is 5.50. The first-order valence-electron chi connectivity index (χ1n) is 10.7. The van der Waals surface area contributed by atoms with E-state index in [0.29, 0.717) is 46.8 Å². The molecule has 8 heteroatoms. The summed E-state index contributed by atoms with van der Waals surface area (Å²) in [6.45, 7) is 1.51. The summed E-state index contributed by atoms with van der Waals surface area (Å²) in [7, 11) is 0. The van der Waals surface area contributed by atoms with Gasteiger partial charge in [-0.1, -0.05) is 29.8 Å². The molecule has 6 nitrogen and oxygen atoms in total. The number of Topliss-reactive ketones (excluding diaryl/α,β-unsaturated/α-hetero) is 1. The summed E-state index contributed by atoms with van der Waals surface area (Å²) < 4.78 is 13.7. The molecule has 168 valence electrons. The van der Waals surface area contributed by atoms with Crippen LogP contribution in [0.1, 0.15) is 28.8 Å². The molecule has 34 heavy (non-hydrogen) atoms. The Kier molecular flexibility index (Phi) is 5.86. The van der Waals surface area contributed by atoms with Crippen LogP contribution in [0.25, 0.3) is 21.8 Å². The smallest absolute Gasteiger partial charge is 0.159 e. The number of carbonyl (C=O) groups excluding carboxylic acids is 1. The van der Waals surface area contributed by atoms with Crippen LogP contribution in [0.2, 0.25) is 5.02 Å². The van der Waals surface area contributed by atoms with E-state index in [1.807, 2.05) is 24.3 Å². The number of hydrogen-bond acceptors (Lipinski definition) is 6. The predicted molar refractivity (Wildman–Crippen MR) is 131 cm³/mol. The van der Waals surface area contributed by atoms with Crippen molar-refractivity contribution in [1.82, 2.24) is 19.9 Å². The topological polar surface area (TPSA) is 80.7 Å². The zero-order valence-electron chi connectivity index (χ0n) is 18.2. The zero-order chi connectivity index (χ0) is 23.7. The van der Waals surface area contributed by atoms with E-state index in [1.165, 1.54) is 19.1 Å². The van der Waals surface area contributed by atoms with E-state index < -0.39 is 5.82 Å². The van der Waals surface area contributed by atoms with E-state index in [4.69, 9.17) is 21.6 Å². The third kappa shape index (κ3) is 4.43. The van der Waals surface area contributed by atoms with Gasteiger partial charge < -0.3 is 5.32 Å². The number of fused-ring (bicyclic) bond motifs is 3. The molecular weight excluding hydrogens is 453 g/mol. The normalized spacial score (nSPS) is 11.1. The van der Waals surface area contributed by atoms with Crippen molar-refractivity contribution in [2.24, 2.45) is 0 Å². The van der Waals surface area contributed by atoms with Gasteiger partial charge in [0.15, 0.2) is 11.6 Å². The lowest BCUT2D eigenvalue weighted by Gasteiger charge is -2.13. The number of anilines is 2. The van der Waals surface area contributed by atoms with E-state index in [-0.39, 0.29) is 10.8 Å². The summed E-state index contributed by atoms with van der Waals surface area (Å²) in [6.07, 6.45) is 4.84. The molecule has 2 aromatic carbocycles. The zero-order valence-corrected chi connectivity index (χ0v) is 19.0. The van der Waals surface area contributed by atoms with E-state index in [1.54, 1.807) is 30.6 Å². The Hall–Kier alpha value is -3.97. The van der Waals surface area contributed by atoms with Gasteiger partial charge in [-0.25, -0.2) is 19.3 Å². The summed E-state index contributed by atoms with van der Waals surface area (Å²) >= 11 is 5.97. The van der Waals surface area contributed by atoms with Crippen LogP contribution in [0.4, 0.5) is 15.9 Å². The lowest BCUT2D eigenvalue weighted by Crippen LogP contribution is -2.04. The SMILES string of the molecule is CC(=O)c1ccc2c(c1)nc(Nc1ccc(F)c(Cl)c1)c1nc(CCc3ccccn3)ncc12. The second-order valence-corrected chi connectivity index (χ2v) is 8.28. The van der Waals surface area contributed by atoms with Gasteiger partial charge in [0.2, 0.25) is 0 Å². The number of nitrogens with one attached hydrogen (secondary N) is 1. The maximum atomic E-state index is 13.7. The van der Waals surface area contributed by atoms with E-state index >= 15 is 0 Å². The average molecular weight is 472 g/mol. The molecule has 0 fully saturated rings. The van der Waals surface area contributed by atoms with E-state index in [9.17, 15) is 9.18 Å². The molecule has 3 heterocycles. The van der Waals surface area contributed by atoms with Crippen molar-refractivity contribution >= 4 is 50.7 Å². The van der Waals surface area contributed by atoms with Crippen LogP contribution in [0.3, 0.4) is 0 Å². The maximum Gasteiger partial charge on any atom is 0.159 e. The molecule has 0 aliphatic rings. The number of aryl methyl sites for hydroxylation is 2. The van der Waals surface area contributed by atoms with Gasteiger partial charge in [0.05, 0.1) is 10.5 Å². The van der Waals surface area contributed by atoms with Crippen molar-refractivity contribution in [1.29, 1.82) is 0 Å². The molecule has 0 saturated heterocycles. The number of pyridine rings is 2. The monoisotopic (exact) mass is 471 g/mol. The van der Waals surface area contributed by atoms with Crippen LogP contribution >= 0.6 is 11.6 Å². The fourth-order valence-electron chi connectivity index (χ4n) is 3.74. The molecule has 0 aliphatic carbocycles. The number of hydrogen-bond donors (Lipinski definition) is 1. The molecule has 0 bridgehead atoms. The van der Waals surface area contributed by atoms with Gasteiger partial charge in [-0.3, -0.25) is 9.78 Å². The standard InChI is InChI=1S/C26H19ClFN5O/c1-15(34)16-5-8-19-20-14-30-24(10-7-17-4-2-3-11-29-17)33-25(20)26(32-23(19)12-16)31-18-6-9-22(28)21(27)13-18/h2-6,8-9,11-14H,7,10H2,1H3,(H,31,32). The predicted octanol–water partition coefficient (Wildman–Crippen LogP) is 6.10.